The number of benzene rings is 1. The van der Waals surface area contributed by atoms with Crippen LogP contribution in [-0.2, 0) is 4.79 Å². The molecule has 3 rings (SSSR count). The molecule has 1 aromatic carbocycles. The monoisotopic (exact) mass is 328 g/mol. The van der Waals surface area contributed by atoms with Crippen molar-refractivity contribution >= 4 is 11.6 Å². The van der Waals surface area contributed by atoms with Gasteiger partial charge < -0.3 is 19.5 Å². The Morgan fingerprint density at radius 3 is 2.58 bits per heavy atom. The predicted octanol–water partition coefficient (Wildman–Crippen LogP) is 1.25. The second-order valence-corrected chi connectivity index (χ2v) is 6.21. The second-order valence-electron chi connectivity index (χ2n) is 6.21. The molecule has 0 saturated carbocycles. The summed E-state index contributed by atoms with van der Waals surface area (Å²) in [6, 6.07) is 14.7. The van der Waals surface area contributed by atoms with Crippen LogP contribution in [0.15, 0.2) is 53.1 Å². The first kappa shape index (κ1) is 16.6. The predicted molar refractivity (Wildman–Crippen MR) is 94.1 cm³/mol. The number of hydrogen-bond donors (Lipinski definition) is 2. The zero-order chi connectivity index (χ0) is 16.8. The lowest BCUT2D eigenvalue weighted by Crippen LogP contribution is -3.15. The lowest BCUT2D eigenvalue weighted by atomic mass is 10.1. The summed E-state index contributed by atoms with van der Waals surface area (Å²) in [5.74, 6) is 1.04. The number of anilines is 1. The Hall–Kier alpha value is -2.27. The van der Waals surface area contributed by atoms with Gasteiger partial charge in [-0.3, -0.25) is 4.79 Å². The highest BCUT2D eigenvalue weighted by Gasteiger charge is 2.30. The third-order valence-corrected chi connectivity index (χ3v) is 4.73. The molecule has 2 aromatic rings. The lowest BCUT2D eigenvalue weighted by Gasteiger charge is -2.37. The van der Waals surface area contributed by atoms with E-state index in [2.05, 4.69) is 34.5 Å². The van der Waals surface area contributed by atoms with E-state index in [0.29, 0.717) is 13.0 Å². The van der Waals surface area contributed by atoms with Crippen LogP contribution in [0, 0.1) is 0 Å². The maximum atomic E-state index is 11.6. The first-order chi connectivity index (χ1) is 11.8. The standard InChI is InChI=1S/C19H25N3O2/c1-2-19(23)20-15-17(18-9-6-14-24-18)22-12-10-21(11-13-22)16-7-4-3-5-8-16/h3-9,14,17H,2,10-13,15H2,1H3,(H,20,23)/p+1/t17-/m1/s1. The van der Waals surface area contributed by atoms with E-state index in [1.54, 1.807) is 6.26 Å². The molecule has 1 saturated heterocycles. The summed E-state index contributed by atoms with van der Waals surface area (Å²) in [5.41, 5.74) is 1.28. The van der Waals surface area contributed by atoms with Crippen LogP contribution in [0.2, 0.25) is 0 Å². The summed E-state index contributed by atoms with van der Waals surface area (Å²) in [6.07, 6.45) is 2.23. The van der Waals surface area contributed by atoms with Gasteiger partial charge in [0.05, 0.1) is 39.0 Å². The fourth-order valence-electron chi connectivity index (χ4n) is 3.32. The normalized spacial score (nSPS) is 16.8. The maximum absolute atomic E-state index is 11.6. The number of hydrogen-bond acceptors (Lipinski definition) is 3. The zero-order valence-corrected chi connectivity index (χ0v) is 14.2. The summed E-state index contributed by atoms with van der Waals surface area (Å²) in [4.78, 5) is 15.5. The molecule has 0 unspecified atom stereocenters. The van der Waals surface area contributed by atoms with Gasteiger partial charge in [0, 0.05) is 12.1 Å². The molecule has 1 atom stereocenters. The van der Waals surface area contributed by atoms with Gasteiger partial charge in [-0.25, -0.2) is 0 Å². The minimum atomic E-state index is 0.0916. The van der Waals surface area contributed by atoms with Crippen LogP contribution in [-0.4, -0.2) is 38.6 Å². The Morgan fingerprint density at radius 2 is 1.96 bits per heavy atom. The first-order valence-corrected chi connectivity index (χ1v) is 8.72. The van der Waals surface area contributed by atoms with Gasteiger partial charge >= 0.3 is 0 Å². The van der Waals surface area contributed by atoms with E-state index < -0.39 is 0 Å². The summed E-state index contributed by atoms with van der Waals surface area (Å²) >= 11 is 0. The fourth-order valence-corrected chi connectivity index (χ4v) is 3.32. The third-order valence-electron chi connectivity index (χ3n) is 4.73. The van der Waals surface area contributed by atoms with Crippen molar-refractivity contribution in [1.29, 1.82) is 0 Å². The molecule has 1 amide bonds. The van der Waals surface area contributed by atoms with Gasteiger partial charge in [-0.1, -0.05) is 25.1 Å². The van der Waals surface area contributed by atoms with E-state index in [9.17, 15) is 4.79 Å². The zero-order valence-electron chi connectivity index (χ0n) is 14.2. The summed E-state index contributed by atoms with van der Waals surface area (Å²) < 4.78 is 5.64. The van der Waals surface area contributed by atoms with Gasteiger partial charge in [-0.2, -0.15) is 0 Å². The van der Waals surface area contributed by atoms with Crippen LogP contribution < -0.4 is 15.1 Å². The van der Waals surface area contributed by atoms with Crippen molar-refractivity contribution in [1.82, 2.24) is 5.32 Å². The molecule has 1 aliphatic heterocycles. The van der Waals surface area contributed by atoms with E-state index in [0.717, 1.165) is 31.9 Å². The van der Waals surface area contributed by atoms with Crippen molar-refractivity contribution in [2.75, 3.05) is 37.6 Å². The molecule has 0 aliphatic carbocycles. The number of nitrogens with one attached hydrogen (secondary N) is 2. The van der Waals surface area contributed by atoms with Crippen molar-refractivity contribution in [3.63, 3.8) is 0 Å². The smallest absolute Gasteiger partial charge is 0.219 e. The molecule has 0 bridgehead atoms. The van der Waals surface area contributed by atoms with Gasteiger partial charge in [-0.05, 0) is 24.3 Å². The van der Waals surface area contributed by atoms with Crippen LogP contribution in [0.4, 0.5) is 5.69 Å². The van der Waals surface area contributed by atoms with E-state index in [4.69, 9.17) is 4.42 Å². The molecule has 1 aliphatic rings. The van der Waals surface area contributed by atoms with Crippen LogP contribution in [0.25, 0.3) is 0 Å². The molecule has 5 nitrogen and oxygen atoms in total. The molecule has 128 valence electrons. The molecule has 1 fully saturated rings. The first-order valence-electron chi connectivity index (χ1n) is 8.72. The molecule has 2 N–H and O–H groups in total. The highest BCUT2D eigenvalue weighted by molar-refractivity contribution is 5.75. The average molecular weight is 328 g/mol. The number of rotatable bonds is 6. The highest BCUT2D eigenvalue weighted by atomic mass is 16.3. The number of carbonyl (C=O) groups excluding carboxylic acids is 1. The number of quaternary nitrogens is 1. The molecule has 5 heteroatoms. The molecular formula is C19H26N3O2+. The Morgan fingerprint density at radius 1 is 1.21 bits per heavy atom. The fraction of sp³-hybridized carbons (Fsp3) is 0.421. The molecule has 24 heavy (non-hydrogen) atoms. The van der Waals surface area contributed by atoms with E-state index >= 15 is 0 Å². The average Bonchev–Trinajstić information content (AvgIpc) is 3.17. The minimum Gasteiger partial charge on any atom is -0.463 e. The summed E-state index contributed by atoms with van der Waals surface area (Å²) in [6.45, 7) is 6.59. The highest BCUT2D eigenvalue weighted by Crippen LogP contribution is 2.14. The number of para-hydroxylation sites is 1. The summed E-state index contributed by atoms with van der Waals surface area (Å²) in [7, 11) is 0. The van der Waals surface area contributed by atoms with Gasteiger partial charge in [0.1, 0.15) is 0 Å². The molecule has 1 aromatic heterocycles. The van der Waals surface area contributed by atoms with Crippen molar-refractivity contribution in [2.24, 2.45) is 0 Å². The second kappa shape index (κ2) is 8.02. The third kappa shape index (κ3) is 3.97. The van der Waals surface area contributed by atoms with E-state index in [1.807, 2.05) is 25.1 Å². The van der Waals surface area contributed by atoms with Crippen LogP contribution in [0.5, 0.6) is 0 Å². The largest absolute Gasteiger partial charge is 0.463 e. The van der Waals surface area contributed by atoms with Crippen molar-refractivity contribution in [3.05, 3.63) is 54.5 Å². The van der Waals surface area contributed by atoms with Crippen LogP contribution >= 0.6 is 0 Å². The van der Waals surface area contributed by atoms with Crippen LogP contribution in [0.3, 0.4) is 0 Å². The Balaban J connectivity index is 1.63. The van der Waals surface area contributed by atoms with Crippen molar-refractivity contribution in [3.8, 4) is 0 Å². The molecule has 0 spiro atoms. The lowest BCUT2D eigenvalue weighted by molar-refractivity contribution is -0.932. The van der Waals surface area contributed by atoms with E-state index in [-0.39, 0.29) is 11.9 Å². The quantitative estimate of drug-likeness (QED) is 0.839. The number of piperazine rings is 1. The molecule has 0 radical (unpaired) electrons. The van der Waals surface area contributed by atoms with Crippen molar-refractivity contribution in [2.45, 2.75) is 19.4 Å². The number of carbonyl (C=O) groups is 1. The van der Waals surface area contributed by atoms with Crippen LogP contribution in [0.1, 0.15) is 25.1 Å². The summed E-state index contributed by atoms with van der Waals surface area (Å²) in [5, 5.41) is 3.03. The number of furan rings is 1. The number of nitrogens with zero attached hydrogens (tertiary/aromatic N) is 1. The van der Waals surface area contributed by atoms with Gasteiger partial charge in [0.25, 0.3) is 0 Å². The van der Waals surface area contributed by atoms with Crippen molar-refractivity contribution < 1.29 is 14.1 Å². The minimum absolute atomic E-state index is 0.0916. The van der Waals surface area contributed by atoms with Gasteiger partial charge in [0.2, 0.25) is 5.91 Å². The maximum Gasteiger partial charge on any atom is 0.219 e. The van der Waals surface area contributed by atoms with Gasteiger partial charge in [0.15, 0.2) is 11.8 Å². The number of amides is 1. The SMILES string of the molecule is CCC(=O)NC[C@H](c1ccco1)[NH+]1CCN(c2ccccc2)CC1. The molecule has 2 heterocycles. The van der Waals surface area contributed by atoms with E-state index in [1.165, 1.54) is 10.6 Å². The Bertz CT molecular complexity index is 619. The topological polar surface area (TPSA) is 49.9 Å². The van der Waals surface area contributed by atoms with Gasteiger partial charge in [-0.15, -0.1) is 0 Å². The molecular weight excluding hydrogens is 302 g/mol. The Labute approximate surface area is 143 Å². The Kier molecular flexibility index (Phi) is 5.54.